The van der Waals surface area contributed by atoms with Gasteiger partial charge in [0.25, 0.3) is 5.91 Å². The average molecular weight is 397 g/mol. The van der Waals surface area contributed by atoms with Crippen LogP contribution < -0.4 is 0 Å². The number of ether oxygens (including phenoxy) is 1. The minimum Gasteiger partial charge on any atom is -0.454 e. The van der Waals surface area contributed by atoms with Crippen molar-refractivity contribution in [3.63, 3.8) is 0 Å². The minimum absolute atomic E-state index is 0.292. The third-order valence-electron chi connectivity index (χ3n) is 5.77. The van der Waals surface area contributed by atoms with E-state index in [2.05, 4.69) is 5.10 Å². The molecule has 0 spiro atoms. The molecule has 2 fully saturated rings. The summed E-state index contributed by atoms with van der Waals surface area (Å²) in [6.07, 6.45) is 3.86. The molecule has 152 valence electrons. The molecule has 2 heterocycles. The molecule has 3 amide bonds. The summed E-state index contributed by atoms with van der Waals surface area (Å²) in [6.45, 7) is -0.475. The number of rotatable bonds is 5. The molecule has 8 nitrogen and oxygen atoms in total. The van der Waals surface area contributed by atoms with Crippen LogP contribution >= 0.6 is 0 Å². The van der Waals surface area contributed by atoms with Gasteiger partial charge in [0.2, 0.25) is 11.8 Å². The van der Waals surface area contributed by atoms with E-state index in [0.717, 1.165) is 29.0 Å². The van der Waals surface area contributed by atoms with Crippen molar-refractivity contribution < 1.29 is 23.9 Å². The van der Waals surface area contributed by atoms with Gasteiger partial charge < -0.3 is 4.74 Å². The molecular weight excluding hydrogens is 374 g/mol. The second kappa shape index (κ2) is 8.14. The molecule has 29 heavy (non-hydrogen) atoms. The van der Waals surface area contributed by atoms with Crippen molar-refractivity contribution in [2.45, 2.75) is 32.1 Å². The first-order valence-electron chi connectivity index (χ1n) is 9.98. The highest BCUT2D eigenvalue weighted by Gasteiger charge is 2.48. The summed E-state index contributed by atoms with van der Waals surface area (Å²) >= 11 is 0. The molecule has 0 unspecified atom stereocenters. The van der Waals surface area contributed by atoms with Crippen molar-refractivity contribution in [2.75, 3.05) is 19.7 Å². The standard InChI is InChI=1S/C21H23N3O5/c25-18(24-11-10-17(22-24)14-6-2-1-3-7-14)13-29-19(26)12-23-20(27)15-8-4-5-9-16(15)21(23)28/h1-3,6-7,15-16H,4-5,8-13H2/t15-,16-/m0/s1. The van der Waals surface area contributed by atoms with Crippen molar-refractivity contribution in [2.24, 2.45) is 16.9 Å². The van der Waals surface area contributed by atoms with Gasteiger partial charge in [-0.2, -0.15) is 5.10 Å². The number of fused-ring (bicyclic) bond motifs is 1. The molecule has 8 heteroatoms. The SMILES string of the molecule is O=C(CN1C(=O)[C@H]2CCCC[C@@H]2C1=O)OCC(=O)N1CCC(c2ccccc2)=N1. The van der Waals surface area contributed by atoms with Crippen molar-refractivity contribution in [3.05, 3.63) is 35.9 Å². The molecule has 0 aromatic heterocycles. The Balaban J connectivity index is 1.29. The first-order valence-corrected chi connectivity index (χ1v) is 9.98. The van der Waals surface area contributed by atoms with E-state index in [1.54, 1.807) is 0 Å². The molecule has 0 bridgehead atoms. The van der Waals surface area contributed by atoms with Gasteiger partial charge in [-0.05, 0) is 18.4 Å². The largest absolute Gasteiger partial charge is 0.454 e. The van der Waals surface area contributed by atoms with Crippen LogP contribution in [0.15, 0.2) is 35.4 Å². The molecule has 1 aliphatic carbocycles. The average Bonchev–Trinajstić information content (AvgIpc) is 3.33. The number of carbonyl (C=O) groups excluding carboxylic acids is 4. The molecule has 0 radical (unpaired) electrons. The first-order chi connectivity index (χ1) is 14.0. The fraction of sp³-hybridized carbons (Fsp3) is 0.476. The molecule has 2 atom stereocenters. The monoisotopic (exact) mass is 397 g/mol. The minimum atomic E-state index is -0.759. The topological polar surface area (TPSA) is 96.3 Å². The lowest BCUT2D eigenvalue weighted by atomic mass is 9.81. The number of nitrogens with zero attached hydrogens (tertiary/aromatic N) is 3. The number of imide groups is 1. The number of esters is 1. The first kappa shape index (κ1) is 19.3. The lowest BCUT2D eigenvalue weighted by molar-refractivity contribution is -0.156. The van der Waals surface area contributed by atoms with Crippen molar-refractivity contribution in [3.8, 4) is 0 Å². The van der Waals surface area contributed by atoms with Crippen LogP contribution in [0.5, 0.6) is 0 Å². The van der Waals surface area contributed by atoms with E-state index in [1.807, 2.05) is 30.3 Å². The third-order valence-corrected chi connectivity index (χ3v) is 5.77. The molecule has 3 aliphatic rings. The Morgan fingerprint density at radius 1 is 1.03 bits per heavy atom. The molecular formula is C21H23N3O5. The van der Waals surface area contributed by atoms with Crippen LogP contribution in [0.2, 0.25) is 0 Å². The summed E-state index contributed by atoms with van der Waals surface area (Å²) < 4.78 is 5.02. The van der Waals surface area contributed by atoms with Crippen LogP contribution in [0.1, 0.15) is 37.7 Å². The smallest absolute Gasteiger partial charge is 0.326 e. The van der Waals surface area contributed by atoms with Crippen molar-refractivity contribution >= 4 is 29.4 Å². The number of likely N-dealkylation sites (tertiary alicyclic amines) is 1. The molecule has 2 aliphatic heterocycles. The summed E-state index contributed by atoms with van der Waals surface area (Å²) in [4.78, 5) is 50.2. The molecule has 1 aromatic carbocycles. The normalized spacial score (nSPS) is 23.8. The van der Waals surface area contributed by atoms with Gasteiger partial charge in [0.05, 0.1) is 24.1 Å². The van der Waals surface area contributed by atoms with Gasteiger partial charge in [-0.1, -0.05) is 43.2 Å². The molecule has 0 N–H and O–H groups in total. The van der Waals surface area contributed by atoms with Gasteiger partial charge >= 0.3 is 5.97 Å². The van der Waals surface area contributed by atoms with E-state index in [0.29, 0.717) is 25.8 Å². The Hall–Kier alpha value is -3.03. The predicted octanol–water partition coefficient (Wildman–Crippen LogP) is 1.34. The van der Waals surface area contributed by atoms with E-state index in [-0.39, 0.29) is 23.7 Å². The summed E-state index contributed by atoms with van der Waals surface area (Å²) in [5.41, 5.74) is 1.76. The zero-order valence-corrected chi connectivity index (χ0v) is 16.1. The molecule has 4 rings (SSSR count). The van der Waals surface area contributed by atoms with Gasteiger partial charge in [-0.25, -0.2) is 5.01 Å². The van der Waals surface area contributed by atoms with Crippen LogP contribution in [0.25, 0.3) is 0 Å². The van der Waals surface area contributed by atoms with E-state index in [9.17, 15) is 19.2 Å². The molecule has 1 saturated heterocycles. The maximum absolute atomic E-state index is 12.4. The van der Waals surface area contributed by atoms with Crippen molar-refractivity contribution in [1.29, 1.82) is 0 Å². The Kier molecular flexibility index (Phi) is 5.42. The van der Waals surface area contributed by atoms with Crippen LogP contribution in [0, 0.1) is 11.8 Å². The Labute approximate surface area is 168 Å². The fourth-order valence-corrected chi connectivity index (χ4v) is 4.25. The number of hydrazone groups is 1. The van der Waals surface area contributed by atoms with Crippen LogP contribution in [0.4, 0.5) is 0 Å². The van der Waals surface area contributed by atoms with Gasteiger partial charge in [0.15, 0.2) is 6.61 Å². The number of carbonyl (C=O) groups is 4. The number of amides is 3. The summed E-state index contributed by atoms with van der Waals surface area (Å²) in [5.74, 6) is -2.39. The second-order valence-electron chi connectivity index (χ2n) is 7.60. The van der Waals surface area contributed by atoms with Crippen LogP contribution in [0.3, 0.4) is 0 Å². The number of benzene rings is 1. The highest BCUT2D eigenvalue weighted by atomic mass is 16.5. The van der Waals surface area contributed by atoms with E-state index in [4.69, 9.17) is 4.74 Å². The lowest BCUT2D eigenvalue weighted by Gasteiger charge is -2.19. The quantitative estimate of drug-likeness (QED) is 0.552. The lowest BCUT2D eigenvalue weighted by Crippen LogP contribution is -2.38. The van der Waals surface area contributed by atoms with Gasteiger partial charge in [0.1, 0.15) is 6.54 Å². The fourth-order valence-electron chi connectivity index (χ4n) is 4.25. The van der Waals surface area contributed by atoms with Gasteiger partial charge in [-0.15, -0.1) is 0 Å². The van der Waals surface area contributed by atoms with Gasteiger partial charge in [-0.3, -0.25) is 24.1 Å². The number of hydrogen-bond acceptors (Lipinski definition) is 6. The zero-order valence-electron chi connectivity index (χ0n) is 16.1. The summed E-state index contributed by atoms with van der Waals surface area (Å²) in [6, 6.07) is 9.57. The molecule has 1 aromatic rings. The van der Waals surface area contributed by atoms with Crippen LogP contribution in [-0.4, -0.2) is 59.0 Å². The van der Waals surface area contributed by atoms with Gasteiger partial charge in [0, 0.05) is 6.42 Å². The highest BCUT2D eigenvalue weighted by Crippen LogP contribution is 2.37. The van der Waals surface area contributed by atoms with E-state index >= 15 is 0 Å². The van der Waals surface area contributed by atoms with E-state index < -0.39 is 25.0 Å². The molecule has 1 saturated carbocycles. The Morgan fingerprint density at radius 2 is 1.69 bits per heavy atom. The number of hydrogen-bond donors (Lipinski definition) is 0. The Morgan fingerprint density at radius 3 is 2.34 bits per heavy atom. The maximum Gasteiger partial charge on any atom is 0.326 e. The third kappa shape index (κ3) is 3.92. The Bertz CT molecular complexity index is 842. The second-order valence-corrected chi connectivity index (χ2v) is 7.60. The van der Waals surface area contributed by atoms with E-state index in [1.165, 1.54) is 5.01 Å². The van der Waals surface area contributed by atoms with Crippen LogP contribution in [-0.2, 0) is 23.9 Å². The maximum atomic E-state index is 12.4. The summed E-state index contributed by atoms with van der Waals surface area (Å²) in [5, 5.41) is 5.59. The summed E-state index contributed by atoms with van der Waals surface area (Å²) in [7, 11) is 0. The van der Waals surface area contributed by atoms with Crippen molar-refractivity contribution in [1.82, 2.24) is 9.91 Å². The zero-order chi connectivity index (χ0) is 20.4. The highest BCUT2D eigenvalue weighted by molar-refractivity contribution is 6.07. The predicted molar refractivity (Wildman–Crippen MR) is 102 cm³/mol.